The lowest BCUT2D eigenvalue weighted by atomic mass is 10.1. The van der Waals surface area contributed by atoms with Crippen LogP contribution < -0.4 is 20.1 Å². The smallest absolute Gasteiger partial charge is 0.313 e. The second kappa shape index (κ2) is 10.8. The van der Waals surface area contributed by atoms with Gasteiger partial charge in [0.1, 0.15) is 0 Å². The number of nitrogens with one attached hydrogen (secondary N) is 2. The van der Waals surface area contributed by atoms with Crippen molar-refractivity contribution in [1.82, 2.24) is 5.32 Å². The van der Waals surface area contributed by atoms with Crippen molar-refractivity contribution in [2.24, 2.45) is 0 Å². The molecule has 0 bridgehead atoms. The summed E-state index contributed by atoms with van der Waals surface area (Å²) < 4.78 is 11.1. The topological polar surface area (TPSA) is 76.7 Å². The molecule has 0 saturated carbocycles. The van der Waals surface area contributed by atoms with Crippen LogP contribution in [0, 0.1) is 0 Å². The molecule has 0 aliphatic heterocycles. The third-order valence-electron chi connectivity index (χ3n) is 3.71. The summed E-state index contributed by atoms with van der Waals surface area (Å²) in [6.07, 6.45) is 0.531. The van der Waals surface area contributed by atoms with Gasteiger partial charge in [0.2, 0.25) is 0 Å². The van der Waals surface area contributed by atoms with Crippen LogP contribution in [-0.2, 0) is 16.0 Å². The van der Waals surface area contributed by atoms with Crippen LogP contribution in [0.5, 0.6) is 11.5 Å². The SMILES string of the molecule is CCOc1ccc(CCNC(=O)C(=O)Nc2cccc(Cl)c2Cl)cc1OCC. The Morgan fingerprint density at radius 2 is 1.68 bits per heavy atom. The number of anilines is 1. The normalized spacial score (nSPS) is 10.3. The monoisotopic (exact) mass is 424 g/mol. The molecule has 0 heterocycles. The van der Waals surface area contributed by atoms with E-state index in [9.17, 15) is 9.59 Å². The first-order chi connectivity index (χ1) is 13.5. The second-order valence-electron chi connectivity index (χ2n) is 5.71. The van der Waals surface area contributed by atoms with Crippen molar-refractivity contribution >= 4 is 40.7 Å². The van der Waals surface area contributed by atoms with Crippen LogP contribution in [0.25, 0.3) is 0 Å². The van der Waals surface area contributed by atoms with E-state index in [4.69, 9.17) is 32.7 Å². The van der Waals surface area contributed by atoms with Crippen molar-refractivity contribution in [1.29, 1.82) is 0 Å². The highest BCUT2D eigenvalue weighted by atomic mass is 35.5. The molecule has 0 fully saturated rings. The van der Waals surface area contributed by atoms with Crippen LogP contribution in [0.15, 0.2) is 36.4 Å². The van der Waals surface area contributed by atoms with Gasteiger partial charge in [-0.1, -0.05) is 35.3 Å². The molecular weight excluding hydrogens is 403 g/mol. The van der Waals surface area contributed by atoms with Gasteiger partial charge in [-0.25, -0.2) is 0 Å². The Kier molecular flexibility index (Phi) is 8.42. The van der Waals surface area contributed by atoms with Gasteiger partial charge < -0.3 is 20.1 Å². The number of benzene rings is 2. The summed E-state index contributed by atoms with van der Waals surface area (Å²) in [6.45, 7) is 5.15. The van der Waals surface area contributed by atoms with Gasteiger partial charge in [-0.2, -0.15) is 0 Å². The fourth-order valence-corrected chi connectivity index (χ4v) is 2.78. The molecule has 0 atom stereocenters. The molecule has 2 N–H and O–H groups in total. The Morgan fingerprint density at radius 3 is 2.39 bits per heavy atom. The molecule has 0 saturated heterocycles. The number of halogens is 2. The highest BCUT2D eigenvalue weighted by Crippen LogP contribution is 2.30. The summed E-state index contributed by atoms with van der Waals surface area (Å²) in [7, 11) is 0. The van der Waals surface area contributed by atoms with Gasteiger partial charge in [0.25, 0.3) is 0 Å². The largest absolute Gasteiger partial charge is 0.490 e. The van der Waals surface area contributed by atoms with Crippen molar-refractivity contribution in [3.8, 4) is 11.5 Å². The molecule has 28 heavy (non-hydrogen) atoms. The number of amides is 2. The number of carbonyl (C=O) groups is 2. The number of hydrogen-bond donors (Lipinski definition) is 2. The van der Waals surface area contributed by atoms with Gasteiger partial charge >= 0.3 is 11.8 Å². The van der Waals surface area contributed by atoms with E-state index in [2.05, 4.69) is 10.6 Å². The summed E-state index contributed by atoms with van der Waals surface area (Å²) in [5.74, 6) is -0.241. The molecule has 8 heteroatoms. The van der Waals surface area contributed by atoms with Crippen molar-refractivity contribution in [3.63, 3.8) is 0 Å². The Labute approximate surface area is 174 Å². The number of hydrogen-bond acceptors (Lipinski definition) is 4. The van der Waals surface area contributed by atoms with Crippen LogP contribution in [0.1, 0.15) is 19.4 Å². The average Bonchev–Trinajstić information content (AvgIpc) is 2.67. The highest BCUT2D eigenvalue weighted by molar-refractivity contribution is 6.45. The summed E-state index contributed by atoms with van der Waals surface area (Å²) in [5, 5.41) is 5.50. The van der Waals surface area contributed by atoms with Crippen LogP contribution in [-0.4, -0.2) is 31.6 Å². The minimum absolute atomic E-state index is 0.183. The summed E-state index contributed by atoms with van der Waals surface area (Å²) in [4.78, 5) is 24.0. The molecule has 2 rings (SSSR count). The van der Waals surface area contributed by atoms with E-state index in [1.54, 1.807) is 18.2 Å². The second-order valence-corrected chi connectivity index (χ2v) is 6.49. The maximum absolute atomic E-state index is 12.0. The zero-order valence-corrected chi connectivity index (χ0v) is 17.2. The van der Waals surface area contributed by atoms with Crippen LogP contribution in [0.3, 0.4) is 0 Å². The van der Waals surface area contributed by atoms with E-state index in [-0.39, 0.29) is 17.3 Å². The predicted molar refractivity (Wildman–Crippen MR) is 111 cm³/mol. The Bertz CT molecular complexity index is 843. The van der Waals surface area contributed by atoms with Crippen molar-refractivity contribution in [3.05, 3.63) is 52.0 Å². The molecule has 0 aliphatic carbocycles. The molecule has 0 unspecified atom stereocenters. The van der Waals surface area contributed by atoms with Gasteiger partial charge in [-0.3, -0.25) is 9.59 Å². The predicted octanol–water partition coefficient (Wildman–Crippen LogP) is 4.09. The van der Waals surface area contributed by atoms with E-state index in [0.717, 1.165) is 5.56 Å². The molecule has 2 aromatic carbocycles. The van der Waals surface area contributed by atoms with Crippen molar-refractivity contribution < 1.29 is 19.1 Å². The molecule has 150 valence electrons. The van der Waals surface area contributed by atoms with E-state index >= 15 is 0 Å². The maximum atomic E-state index is 12.0. The van der Waals surface area contributed by atoms with Gasteiger partial charge in [0, 0.05) is 6.54 Å². The van der Waals surface area contributed by atoms with Gasteiger partial charge in [0.05, 0.1) is 28.9 Å². The number of rotatable bonds is 8. The Balaban J connectivity index is 1.90. The minimum atomic E-state index is -0.814. The standard InChI is InChI=1S/C20H22Cl2N2O4/c1-3-27-16-9-8-13(12-17(16)28-4-2)10-11-23-19(25)20(26)24-15-7-5-6-14(21)18(15)22/h5-9,12H,3-4,10-11H2,1-2H3,(H,23,25)(H,24,26). The Morgan fingerprint density at radius 1 is 0.964 bits per heavy atom. The molecule has 0 radical (unpaired) electrons. The van der Waals surface area contributed by atoms with E-state index in [1.165, 1.54) is 0 Å². The summed E-state index contributed by atoms with van der Waals surface area (Å²) in [5.41, 5.74) is 1.23. The summed E-state index contributed by atoms with van der Waals surface area (Å²) >= 11 is 11.9. The quantitative estimate of drug-likeness (QED) is 0.625. The fourth-order valence-electron chi connectivity index (χ4n) is 2.43. The lowest BCUT2D eigenvalue weighted by molar-refractivity contribution is -0.136. The molecule has 0 aromatic heterocycles. The number of carbonyl (C=O) groups excluding carboxylic acids is 2. The fraction of sp³-hybridized carbons (Fsp3) is 0.300. The molecule has 6 nitrogen and oxygen atoms in total. The van der Waals surface area contributed by atoms with Gasteiger partial charge in [-0.05, 0) is 50.1 Å². The summed E-state index contributed by atoms with van der Waals surface area (Å²) in [6, 6.07) is 10.4. The van der Waals surface area contributed by atoms with Crippen LogP contribution in [0.2, 0.25) is 10.0 Å². The number of ether oxygens (including phenoxy) is 2. The zero-order chi connectivity index (χ0) is 20.5. The first-order valence-corrected chi connectivity index (χ1v) is 9.63. The van der Waals surface area contributed by atoms with Crippen molar-refractivity contribution in [2.75, 3.05) is 25.1 Å². The average molecular weight is 425 g/mol. The lowest BCUT2D eigenvalue weighted by Crippen LogP contribution is -2.36. The third-order valence-corrected chi connectivity index (χ3v) is 4.53. The molecular formula is C20H22Cl2N2O4. The minimum Gasteiger partial charge on any atom is -0.490 e. The molecule has 0 aliphatic rings. The van der Waals surface area contributed by atoms with Crippen LogP contribution in [0.4, 0.5) is 5.69 Å². The molecule has 2 amide bonds. The lowest BCUT2D eigenvalue weighted by Gasteiger charge is -2.13. The van der Waals surface area contributed by atoms with Gasteiger partial charge in [0.15, 0.2) is 11.5 Å². The highest BCUT2D eigenvalue weighted by Gasteiger charge is 2.15. The first kappa shape index (κ1) is 21.9. The first-order valence-electron chi connectivity index (χ1n) is 8.88. The van der Waals surface area contributed by atoms with Crippen molar-refractivity contribution in [2.45, 2.75) is 20.3 Å². The zero-order valence-electron chi connectivity index (χ0n) is 15.7. The van der Waals surface area contributed by atoms with Crippen LogP contribution >= 0.6 is 23.2 Å². The molecule has 2 aromatic rings. The van der Waals surface area contributed by atoms with E-state index < -0.39 is 11.8 Å². The maximum Gasteiger partial charge on any atom is 0.313 e. The van der Waals surface area contributed by atoms with E-state index in [1.807, 2.05) is 32.0 Å². The van der Waals surface area contributed by atoms with E-state index in [0.29, 0.717) is 36.2 Å². The van der Waals surface area contributed by atoms with Gasteiger partial charge in [-0.15, -0.1) is 0 Å². The Hall–Kier alpha value is -2.44. The molecule has 0 spiro atoms. The third kappa shape index (κ3) is 6.04.